The molecule has 0 aliphatic carbocycles. The van der Waals surface area contributed by atoms with Crippen molar-refractivity contribution < 1.29 is 0 Å². The molecule has 0 amide bonds. The minimum atomic E-state index is 0.397. The SMILES string of the molecule is CCCCN(CCCl)c1nc(C(C)C)ns1. The van der Waals surface area contributed by atoms with E-state index in [0.29, 0.717) is 11.8 Å². The van der Waals surface area contributed by atoms with Gasteiger partial charge in [0.1, 0.15) is 5.82 Å². The van der Waals surface area contributed by atoms with Gasteiger partial charge in [-0.2, -0.15) is 4.37 Å². The van der Waals surface area contributed by atoms with E-state index in [2.05, 4.69) is 35.0 Å². The Balaban J connectivity index is 2.67. The van der Waals surface area contributed by atoms with Gasteiger partial charge in [0.2, 0.25) is 5.13 Å². The van der Waals surface area contributed by atoms with Gasteiger partial charge in [-0.15, -0.1) is 11.6 Å². The fraction of sp³-hybridized carbons (Fsp3) is 0.818. The number of aromatic nitrogens is 2. The van der Waals surface area contributed by atoms with Crippen molar-refractivity contribution in [3.63, 3.8) is 0 Å². The highest BCUT2D eigenvalue weighted by molar-refractivity contribution is 7.09. The number of halogens is 1. The van der Waals surface area contributed by atoms with Crippen molar-refractivity contribution in [2.75, 3.05) is 23.9 Å². The van der Waals surface area contributed by atoms with Crippen molar-refractivity contribution in [1.82, 2.24) is 9.36 Å². The minimum Gasteiger partial charge on any atom is -0.346 e. The van der Waals surface area contributed by atoms with Crippen LogP contribution in [0.5, 0.6) is 0 Å². The standard InChI is InChI=1S/C11H20ClN3S/c1-4-5-7-15(8-6-12)11-13-10(9(2)3)14-16-11/h9H,4-8H2,1-3H3. The number of anilines is 1. The predicted molar refractivity (Wildman–Crippen MR) is 71.8 cm³/mol. The van der Waals surface area contributed by atoms with Crippen molar-refractivity contribution in [3.8, 4) is 0 Å². The molecule has 0 N–H and O–H groups in total. The van der Waals surface area contributed by atoms with Crippen molar-refractivity contribution in [2.45, 2.75) is 39.5 Å². The van der Waals surface area contributed by atoms with E-state index in [9.17, 15) is 0 Å². The number of hydrogen-bond acceptors (Lipinski definition) is 4. The third kappa shape index (κ3) is 3.91. The first-order valence-electron chi connectivity index (χ1n) is 5.83. The maximum atomic E-state index is 5.81. The van der Waals surface area contributed by atoms with Gasteiger partial charge in [-0.3, -0.25) is 0 Å². The van der Waals surface area contributed by atoms with E-state index in [1.807, 2.05) is 0 Å². The number of alkyl halides is 1. The molecule has 0 saturated heterocycles. The van der Waals surface area contributed by atoms with Crippen LogP contribution < -0.4 is 4.90 Å². The fourth-order valence-electron chi connectivity index (χ4n) is 1.34. The second kappa shape index (κ2) is 7.07. The molecule has 92 valence electrons. The summed E-state index contributed by atoms with van der Waals surface area (Å²) in [6.45, 7) is 8.30. The normalized spacial score (nSPS) is 11.1. The Bertz CT molecular complexity index is 301. The quantitative estimate of drug-likeness (QED) is 0.704. The van der Waals surface area contributed by atoms with Gasteiger partial charge in [0.15, 0.2) is 0 Å². The fourth-order valence-corrected chi connectivity index (χ4v) is 2.41. The molecule has 0 saturated carbocycles. The summed E-state index contributed by atoms with van der Waals surface area (Å²) < 4.78 is 4.37. The summed E-state index contributed by atoms with van der Waals surface area (Å²) in [6.07, 6.45) is 2.36. The lowest BCUT2D eigenvalue weighted by Crippen LogP contribution is -2.26. The summed E-state index contributed by atoms with van der Waals surface area (Å²) in [7, 11) is 0. The Kier molecular flexibility index (Phi) is 6.06. The molecule has 0 unspecified atom stereocenters. The van der Waals surface area contributed by atoms with Crippen LogP contribution in [0.4, 0.5) is 5.13 Å². The van der Waals surface area contributed by atoms with E-state index in [1.54, 1.807) is 0 Å². The van der Waals surface area contributed by atoms with Gasteiger partial charge in [0.05, 0.1) is 0 Å². The lowest BCUT2D eigenvalue weighted by Gasteiger charge is -2.19. The molecule has 1 aromatic rings. The first-order chi connectivity index (χ1) is 7.69. The Morgan fingerprint density at radius 2 is 2.12 bits per heavy atom. The molecule has 0 aliphatic rings. The first-order valence-corrected chi connectivity index (χ1v) is 7.14. The zero-order valence-corrected chi connectivity index (χ0v) is 11.8. The molecule has 0 fully saturated rings. The van der Waals surface area contributed by atoms with E-state index in [0.717, 1.165) is 24.0 Å². The topological polar surface area (TPSA) is 29.0 Å². The molecule has 1 heterocycles. The van der Waals surface area contributed by atoms with Crippen LogP contribution in [0, 0.1) is 0 Å². The molecule has 0 atom stereocenters. The monoisotopic (exact) mass is 261 g/mol. The van der Waals surface area contributed by atoms with E-state index in [1.165, 1.54) is 24.4 Å². The van der Waals surface area contributed by atoms with Crippen LogP contribution in [0.25, 0.3) is 0 Å². The number of rotatable bonds is 7. The second-order valence-electron chi connectivity index (χ2n) is 4.12. The van der Waals surface area contributed by atoms with E-state index in [4.69, 9.17) is 11.6 Å². The number of hydrogen-bond donors (Lipinski definition) is 0. The summed E-state index contributed by atoms with van der Waals surface area (Å²) in [5.74, 6) is 1.98. The lowest BCUT2D eigenvalue weighted by atomic mass is 10.2. The highest BCUT2D eigenvalue weighted by atomic mass is 35.5. The molecule has 0 bridgehead atoms. The number of unbranched alkanes of at least 4 members (excludes halogenated alkanes) is 1. The maximum Gasteiger partial charge on any atom is 0.205 e. The lowest BCUT2D eigenvalue weighted by molar-refractivity contribution is 0.725. The Labute approximate surface area is 107 Å². The summed E-state index contributed by atoms with van der Waals surface area (Å²) in [6, 6.07) is 0. The smallest absolute Gasteiger partial charge is 0.205 e. The van der Waals surface area contributed by atoms with Gasteiger partial charge in [-0.1, -0.05) is 27.2 Å². The van der Waals surface area contributed by atoms with Crippen molar-refractivity contribution in [2.24, 2.45) is 0 Å². The molecule has 0 spiro atoms. The molecule has 0 aliphatic heterocycles. The predicted octanol–water partition coefficient (Wildman–Crippen LogP) is 3.51. The Hall–Kier alpha value is -0.350. The average Bonchev–Trinajstić information content (AvgIpc) is 2.73. The Morgan fingerprint density at radius 3 is 2.62 bits per heavy atom. The van der Waals surface area contributed by atoms with Gasteiger partial charge in [-0.25, -0.2) is 4.98 Å². The molecular weight excluding hydrogens is 242 g/mol. The van der Waals surface area contributed by atoms with Crippen LogP contribution in [0.2, 0.25) is 0 Å². The Morgan fingerprint density at radius 1 is 1.38 bits per heavy atom. The minimum absolute atomic E-state index is 0.397. The molecule has 1 aromatic heterocycles. The molecular formula is C11H20ClN3S. The summed E-state index contributed by atoms with van der Waals surface area (Å²) in [4.78, 5) is 6.79. The van der Waals surface area contributed by atoms with Gasteiger partial charge >= 0.3 is 0 Å². The summed E-state index contributed by atoms with van der Waals surface area (Å²) in [5.41, 5.74) is 0. The van der Waals surface area contributed by atoms with E-state index >= 15 is 0 Å². The van der Waals surface area contributed by atoms with Crippen molar-refractivity contribution in [1.29, 1.82) is 0 Å². The molecule has 3 nitrogen and oxygen atoms in total. The highest BCUT2D eigenvalue weighted by Gasteiger charge is 2.13. The first kappa shape index (κ1) is 13.7. The van der Waals surface area contributed by atoms with Gasteiger partial charge in [0, 0.05) is 36.4 Å². The van der Waals surface area contributed by atoms with Crippen molar-refractivity contribution in [3.05, 3.63) is 5.82 Å². The molecule has 1 rings (SSSR count). The summed E-state index contributed by atoms with van der Waals surface area (Å²) in [5, 5.41) is 1.01. The zero-order chi connectivity index (χ0) is 12.0. The van der Waals surface area contributed by atoms with Crippen LogP contribution in [-0.4, -0.2) is 28.3 Å². The largest absolute Gasteiger partial charge is 0.346 e. The zero-order valence-electron chi connectivity index (χ0n) is 10.2. The van der Waals surface area contributed by atoms with Gasteiger partial charge in [0.25, 0.3) is 0 Å². The third-order valence-corrected chi connectivity index (χ3v) is 3.31. The van der Waals surface area contributed by atoms with Gasteiger partial charge < -0.3 is 4.90 Å². The molecule has 16 heavy (non-hydrogen) atoms. The van der Waals surface area contributed by atoms with Crippen LogP contribution in [0.1, 0.15) is 45.4 Å². The van der Waals surface area contributed by atoms with Crippen LogP contribution in [-0.2, 0) is 0 Å². The van der Waals surface area contributed by atoms with Crippen LogP contribution >= 0.6 is 23.1 Å². The number of nitrogens with zero attached hydrogens (tertiary/aromatic N) is 3. The molecule has 0 radical (unpaired) electrons. The average molecular weight is 262 g/mol. The van der Waals surface area contributed by atoms with Gasteiger partial charge in [-0.05, 0) is 6.42 Å². The van der Waals surface area contributed by atoms with E-state index in [-0.39, 0.29) is 0 Å². The van der Waals surface area contributed by atoms with E-state index < -0.39 is 0 Å². The second-order valence-corrected chi connectivity index (χ2v) is 5.23. The summed E-state index contributed by atoms with van der Waals surface area (Å²) >= 11 is 7.29. The maximum absolute atomic E-state index is 5.81. The van der Waals surface area contributed by atoms with Crippen molar-refractivity contribution >= 4 is 28.3 Å². The molecule has 5 heteroatoms. The highest BCUT2D eigenvalue weighted by Crippen LogP contribution is 2.21. The molecule has 0 aromatic carbocycles. The third-order valence-electron chi connectivity index (χ3n) is 2.35. The van der Waals surface area contributed by atoms with Crippen LogP contribution in [0.15, 0.2) is 0 Å². The van der Waals surface area contributed by atoms with Crippen LogP contribution in [0.3, 0.4) is 0 Å².